The summed E-state index contributed by atoms with van der Waals surface area (Å²) < 4.78 is 1.01. The van der Waals surface area contributed by atoms with E-state index in [1.807, 2.05) is 23.1 Å². The fraction of sp³-hybridized carbons (Fsp3) is 0.304. The first-order valence-electron chi connectivity index (χ1n) is 10.4. The van der Waals surface area contributed by atoms with Gasteiger partial charge in [-0.2, -0.15) is 0 Å². The second kappa shape index (κ2) is 8.99. The topological polar surface area (TPSA) is 104 Å². The van der Waals surface area contributed by atoms with Crippen LogP contribution in [0.25, 0.3) is 10.8 Å². The molecule has 4 rings (SSSR count). The van der Waals surface area contributed by atoms with Crippen molar-refractivity contribution in [2.75, 3.05) is 13.1 Å². The lowest BCUT2D eigenvalue weighted by atomic mass is 9.99. The summed E-state index contributed by atoms with van der Waals surface area (Å²) >= 11 is 0. The number of nitrogens with one attached hydrogen (secondary N) is 2. The summed E-state index contributed by atoms with van der Waals surface area (Å²) in [6, 6.07) is 14.6. The highest BCUT2D eigenvalue weighted by atomic mass is 16.2. The van der Waals surface area contributed by atoms with Gasteiger partial charge in [-0.1, -0.05) is 36.4 Å². The summed E-state index contributed by atoms with van der Waals surface area (Å²) in [6.07, 6.45) is 1.71. The third kappa shape index (κ3) is 4.58. The van der Waals surface area contributed by atoms with E-state index in [2.05, 4.69) is 16.5 Å². The number of benzene rings is 2. The van der Waals surface area contributed by atoms with Crippen LogP contribution in [0.2, 0.25) is 0 Å². The number of hydrogen-bond acceptors (Lipinski definition) is 4. The SMILES string of the molecule is O=C(Cn1[nH]c(=O)c2ccccc2c1=O)NCCCC(=O)N1CCc2ccccc2C1. The van der Waals surface area contributed by atoms with Crippen LogP contribution in [0, 0.1) is 0 Å². The van der Waals surface area contributed by atoms with E-state index in [-0.39, 0.29) is 17.8 Å². The van der Waals surface area contributed by atoms with Crippen LogP contribution in [-0.4, -0.2) is 39.6 Å². The van der Waals surface area contributed by atoms with Crippen molar-refractivity contribution in [3.8, 4) is 0 Å². The summed E-state index contributed by atoms with van der Waals surface area (Å²) in [5.41, 5.74) is 1.63. The van der Waals surface area contributed by atoms with Gasteiger partial charge >= 0.3 is 0 Å². The van der Waals surface area contributed by atoms with E-state index in [0.717, 1.165) is 11.1 Å². The molecule has 2 heterocycles. The monoisotopic (exact) mass is 420 g/mol. The number of fused-ring (bicyclic) bond motifs is 2. The van der Waals surface area contributed by atoms with Gasteiger partial charge < -0.3 is 10.2 Å². The van der Waals surface area contributed by atoms with Crippen molar-refractivity contribution in [1.82, 2.24) is 20.0 Å². The van der Waals surface area contributed by atoms with Crippen molar-refractivity contribution in [3.05, 3.63) is 80.4 Å². The molecule has 2 aromatic carbocycles. The lowest BCUT2D eigenvalue weighted by Crippen LogP contribution is -2.38. The fourth-order valence-electron chi connectivity index (χ4n) is 3.89. The molecule has 0 bridgehead atoms. The van der Waals surface area contributed by atoms with E-state index in [1.165, 1.54) is 11.1 Å². The van der Waals surface area contributed by atoms with Crippen LogP contribution in [0.15, 0.2) is 58.1 Å². The van der Waals surface area contributed by atoms with E-state index in [9.17, 15) is 19.2 Å². The molecule has 3 aromatic rings. The summed E-state index contributed by atoms with van der Waals surface area (Å²) in [5.74, 6) is -0.328. The Balaban J connectivity index is 1.26. The molecule has 160 valence electrons. The van der Waals surface area contributed by atoms with Crippen LogP contribution in [0.1, 0.15) is 24.0 Å². The third-order valence-corrected chi connectivity index (χ3v) is 5.56. The number of aromatic nitrogens is 2. The van der Waals surface area contributed by atoms with E-state index in [4.69, 9.17) is 0 Å². The number of nitrogens with zero attached hydrogens (tertiary/aromatic N) is 2. The zero-order valence-corrected chi connectivity index (χ0v) is 17.1. The van der Waals surface area contributed by atoms with Gasteiger partial charge in [0.15, 0.2) is 0 Å². The molecule has 1 aromatic heterocycles. The van der Waals surface area contributed by atoms with Crippen LogP contribution in [-0.2, 0) is 29.1 Å². The molecule has 0 radical (unpaired) electrons. The van der Waals surface area contributed by atoms with Crippen LogP contribution in [0.3, 0.4) is 0 Å². The smallest absolute Gasteiger partial charge is 0.273 e. The number of carbonyl (C=O) groups excluding carboxylic acids is 2. The lowest BCUT2D eigenvalue weighted by molar-refractivity contribution is -0.132. The van der Waals surface area contributed by atoms with Gasteiger partial charge in [-0.25, -0.2) is 4.68 Å². The maximum atomic E-state index is 12.5. The van der Waals surface area contributed by atoms with Crippen molar-refractivity contribution in [2.45, 2.75) is 32.4 Å². The predicted octanol–water partition coefficient (Wildman–Crippen LogP) is 1.17. The quantitative estimate of drug-likeness (QED) is 0.584. The molecule has 0 aliphatic carbocycles. The summed E-state index contributed by atoms with van der Waals surface area (Å²) in [6.45, 7) is 1.37. The molecule has 1 aliphatic heterocycles. The number of hydrogen-bond donors (Lipinski definition) is 2. The molecule has 0 atom stereocenters. The molecule has 31 heavy (non-hydrogen) atoms. The molecule has 0 fully saturated rings. The summed E-state index contributed by atoms with van der Waals surface area (Å²) in [4.78, 5) is 51.1. The Kier molecular flexibility index (Phi) is 5.97. The first-order chi connectivity index (χ1) is 15.0. The Bertz CT molecular complexity index is 1240. The van der Waals surface area contributed by atoms with E-state index < -0.39 is 17.0 Å². The van der Waals surface area contributed by atoms with Crippen molar-refractivity contribution < 1.29 is 9.59 Å². The largest absolute Gasteiger partial charge is 0.354 e. The number of H-pyrrole nitrogens is 1. The number of rotatable bonds is 6. The highest BCUT2D eigenvalue weighted by molar-refractivity contribution is 5.81. The van der Waals surface area contributed by atoms with Gasteiger partial charge in [0.2, 0.25) is 11.8 Å². The van der Waals surface area contributed by atoms with E-state index >= 15 is 0 Å². The van der Waals surface area contributed by atoms with Crippen molar-refractivity contribution >= 4 is 22.6 Å². The zero-order valence-electron chi connectivity index (χ0n) is 17.1. The van der Waals surface area contributed by atoms with Crippen LogP contribution in [0.4, 0.5) is 0 Å². The van der Waals surface area contributed by atoms with Gasteiger partial charge in [-0.15, -0.1) is 0 Å². The minimum Gasteiger partial charge on any atom is -0.354 e. The Morgan fingerprint density at radius 1 is 0.968 bits per heavy atom. The van der Waals surface area contributed by atoms with Crippen LogP contribution >= 0.6 is 0 Å². The molecule has 8 nitrogen and oxygen atoms in total. The predicted molar refractivity (Wildman–Crippen MR) is 117 cm³/mol. The molecule has 8 heteroatoms. The highest BCUT2D eigenvalue weighted by Gasteiger charge is 2.19. The first kappa shape index (κ1) is 20.6. The Labute approximate surface area is 178 Å². The average Bonchev–Trinajstić information content (AvgIpc) is 2.79. The van der Waals surface area contributed by atoms with Gasteiger partial charge in [0.05, 0.1) is 10.8 Å². The third-order valence-electron chi connectivity index (χ3n) is 5.56. The minimum absolute atomic E-state index is 0.0684. The Morgan fingerprint density at radius 2 is 1.68 bits per heavy atom. The Hall–Kier alpha value is -3.68. The van der Waals surface area contributed by atoms with Crippen LogP contribution < -0.4 is 16.4 Å². The zero-order chi connectivity index (χ0) is 21.8. The number of carbonyl (C=O) groups is 2. The molecule has 0 saturated carbocycles. The van der Waals surface area contributed by atoms with E-state index in [1.54, 1.807) is 24.3 Å². The standard InChI is InChI=1S/C23H24N4O4/c28-20(15-27-23(31)19-9-4-3-8-18(19)22(30)25-27)24-12-5-10-21(29)26-13-11-16-6-1-2-7-17(16)14-26/h1-4,6-9H,5,10-15H2,(H,24,28)(H,25,30). The average molecular weight is 420 g/mol. The molecule has 2 N–H and O–H groups in total. The maximum Gasteiger partial charge on any atom is 0.273 e. The normalized spacial score (nSPS) is 13.1. The second-order valence-electron chi connectivity index (χ2n) is 7.67. The molecule has 0 unspecified atom stereocenters. The second-order valence-corrected chi connectivity index (χ2v) is 7.67. The van der Waals surface area contributed by atoms with Gasteiger partial charge in [0.25, 0.3) is 11.1 Å². The maximum absolute atomic E-state index is 12.5. The lowest BCUT2D eigenvalue weighted by Gasteiger charge is -2.29. The highest BCUT2D eigenvalue weighted by Crippen LogP contribution is 2.19. The van der Waals surface area contributed by atoms with Gasteiger partial charge in [0.1, 0.15) is 6.54 Å². The Morgan fingerprint density at radius 3 is 2.48 bits per heavy atom. The summed E-state index contributed by atoms with van der Waals surface area (Å²) in [5, 5.41) is 5.71. The molecule has 2 amide bonds. The fourth-order valence-corrected chi connectivity index (χ4v) is 3.89. The van der Waals surface area contributed by atoms with Gasteiger partial charge in [-0.3, -0.25) is 24.3 Å². The number of aromatic amines is 1. The minimum atomic E-state index is -0.425. The van der Waals surface area contributed by atoms with Crippen molar-refractivity contribution in [1.29, 1.82) is 0 Å². The molecule has 0 spiro atoms. The van der Waals surface area contributed by atoms with Gasteiger partial charge in [0, 0.05) is 26.1 Å². The van der Waals surface area contributed by atoms with Gasteiger partial charge in [-0.05, 0) is 36.1 Å². The van der Waals surface area contributed by atoms with E-state index in [0.29, 0.717) is 37.9 Å². The van der Waals surface area contributed by atoms with Crippen molar-refractivity contribution in [2.24, 2.45) is 0 Å². The first-order valence-corrected chi connectivity index (χ1v) is 10.4. The molecule has 1 aliphatic rings. The van der Waals surface area contributed by atoms with Crippen molar-refractivity contribution in [3.63, 3.8) is 0 Å². The number of amides is 2. The molecular weight excluding hydrogens is 396 g/mol. The molecule has 0 saturated heterocycles. The molecular formula is C23H24N4O4. The summed E-state index contributed by atoms with van der Waals surface area (Å²) in [7, 11) is 0. The van der Waals surface area contributed by atoms with Crippen LogP contribution in [0.5, 0.6) is 0 Å².